The maximum absolute atomic E-state index is 13.1. The highest BCUT2D eigenvalue weighted by molar-refractivity contribution is 7.54. The highest BCUT2D eigenvalue weighted by Crippen LogP contribution is 2.64. The first-order valence-electron chi connectivity index (χ1n) is 7.64. The minimum Gasteiger partial charge on any atom is -0.298 e. The van der Waals surface area contributed by atoms with E-state index in [0.29, 0.717) is 0 Å². The molecule has 22 heavy (non-hydrogen) atoms. The first kappa shape index (κ1) is 14.3. The Morgan fingerprint density at radius 2 is 1.91 bits per heavy atom. The van der Waals surface area contributed by atoms with Crippen molar-refractivity contribution in [1.82, 2.24) is 9.34 Å². The Morgan fingerprint density at radius 3 is 2.50 bits per heavy atom. The summed E-state index contributed by atoms with van der Waals surface area (Å²) in [6.07, 6.45) is 2.31. The van der Waals surface area contributed by atoms with Gasteiger partial charge in [0.2, 0.25) is 0 Å². The second-order valence-electron chi connectivity index (χ2n) is 6.02. The molecule has 8 heteroatoms. The van der Waals surface area contributed by atoms with Gasteiger partial charge in [-0.3, -0.25) is 19.2 Å². The van der Waals surface area contributed by atoms with E-state index in [1.807, 2.05) is 9.34 Å². The lowest BCUT2D eigenvalue weighted by molar-refractivity contribution is -0.384. The van der Waals surface area contributed by atoms with Gasteiger partial charge in [0.25, 0.3) is 5.69 Å². The maximum atomic E-state index is 13.1. The molecule has 0 N–H and O–H groups in total. The molecule has 0 amide bonds. The number of nitrogens with zero attached hydrogens (tertiary/aromatic N) is 3. The van der Waals surface area contributed by atoms with Crippen LogP contribution in [0.4, 0.5) is 5.69 Å². The van der Waals surface area contributed by atoms with E-state index in [4.69, 9.17) is 4.52 Å². The van der Waals surface area contributed by atoms with Crippen LogP contribution in [-0.4, -0.2) is 40.4 Å². The predicted molar refractivity (Wildman–Crippen MR) is 80.6 cm³/mol. The van der Waals surface area contributed by atoms with Gasteiger partial charge in [0.15, 0.2) is 0 Å². The fourth-order valence-electron chi connectivity index (χ4n) is 3.05. The Hall–Kier alpha value is -1.27. The van der Waals surface area contributed by atoms with Crippen LogP contribution in [0.5, 0.6) is 0 Å². The number of nitro groups is 1. The van der Waals surface area contributed by atoms with Crippen molar-refractivity contribution >= 4 is 13.4 Å². The van der Waals surface area contributed by atoms with Gasteiger partial charge in [-0.25, -0.2) is 9.34 Å². The molecule has 118 valence electrons. The van der Waals surface area contributed by atoms with Crippen molar-refractivity contribution in [1.29, 1.82) is 0 Å². The summed E-state index contributed by atoms with van der Waals surface area (Å²) in [5.41, 5.74) is 2.02. The molecule has 0 bridgehead atoms. The maximum Gasteiger partial charge on any atom is 0.346 e. The number of rotatable bonds is 5. The highest BCUT2D eigenvalue weighted by atomic mass is 31.2. The summed E-state index contributed by atoms with van der Waals surface area (Å²) in [5, 5.41) is 10.9. The highest BCUT2D eigenvalue weighted by Gasteiger charge is 2.50. The van der Waals surface area contributed by atoms with Crippen LogP contribution >= 0.6 is 7.67 Å². The van der Waals surface area contributed by atoms with Gasteiger partial charge in [0, 0.05) is 38.3 Å². The molecule has 2 aliphatic heterocycles. The van der Waals surface area contributed by atoms with Gasteiger partial charge >= 0.3 is 7.67 Å². The summed E-state index contributed by atoms with van der Waals surface area (Å²) in [6.45, 7) is 3.31. The van der Waals surface area contributed by atoms with Crippen molar-refractivity contribution in [3.05, 3.63) is 39.4 Å². The zero-order valence-electron chi connectivity index (χ0n) is 12.2. The summed E-state index contributed by atoms with van der Waals surface area (Å²) in [6, 6.07) is 4.91. The van der Waals surface area contributed by atoms with E-state index < -0.39 is 7.67 Å². The Balaban J connectivity index is 1.62. The number of nitro benzene ring substituents is 1. The third kappa shape index (κ3) is 2.48. The van der Waals surface area contributed by atoms with Crippen molar-refractivity contribution in [3.8, 4) is 0 Å². The standard InChI is InChI=1S/C14H18N3O4P/c18-17(19)12-4-5-13-11(10-12)2-1-3-14(13)21-22(20,15-6-7-15)16-8-9-16/h4-5,10,14H,1-3,6-9H2. The number of hydrogen-bond acceptors (Lipinski definition) is 4. The number of benzene rings is 1. The minimum atomic E-state index is -2.86. The first-order chi connectivity index (χ1) is 10.6. The fraction of sp³-hybridized carbons (Fsp3) is 0.571. The molecule has 4 rings (SSSR count). The number of non-ortho nitro benzene ring substituents is 1. The first-order valence-corrected chi connectivity index (χ1v) is 9.17. The SMILES string of the molecule is O=[N+]([O-])c1ccc2c(c1)CCCC2OP(=O)(N1CC1)N1CC1. The molecule has 1 aliphatic carbocycles. The fourth-order valence-corrected chi connectivity index (χ4v) is 5.42. The van der Waals surface area contributed by atoms with Crippen molar-refractivity contribution in [2.75, 3.05) is 26.2 Å². The average molecular weight is 323 g/mol. The van der Waals surface area contributed by atoms with Crippen LogP contribution in [0.25, 0.3) is 0 Å². The molecule has 0 spiro atoms. The van der Waals surface area contributed by atoms with Crippen LogP contribution in [-0.2, 0) is 15.5 Å². The van der Waals surface area contributed by atoms with Gasteiger partial charge in [-0.15, -0.1) is 0 Å². The van der Waals surface area contributed by atoms with E-state index in [1.54, 1.807) is 12.1 Å². The molecule has 2 fully saturated rings. The molecule has 0 saturated carbocycles. The third-order valence-electron chi connectivity index (χ3n) is 4.42. The van der Waals surface area contributed by atoms with E-state index in [0.717, 1.165) is 56.6 Å². The lowest BCUT2D eigenvalue weighted by Gasteiger charge is -2.30. The molecular weight excluding hydrogens is 305 g/mol. The third-order valence-corrected chi connectivity index (χ3v) is 7.18. The van der Waals surface area contributed by atoms with E-state index in [2.05, 4.69) is 0 Å². The zero-order chi connectivity index (χ0) is 15.3. The second-order valence-corrected chi connectivity index (χ2v) is 8.35. The Labute approximate surface area is 128 Å². The number of hydrogen-bond donors (Lipinski definition) is 0. The quantitative estimate of drug-likeness (QED) is 0.359. The minimum absolute atomic E-state index is 0.111. The molecule has 1 aromatic carbocycles. The lowest BCUT2D eigenvalue weighted by atomic mass is 9.89. The van der Waals surface area contributed by atoms with Gasteiger partial charge in [0.1, 0.15) is 0 Å². The van der Waals surface area contributed by atoms with Crippen LogP contribution in [0.2, 0.25) is 0 Å². The molecule has 0 aromatic heterocycles. The van der Waals surface area contributed by atoms with Gasteiger partial charge in [0.05, 0.1) is 11.0 Å². The zero-order valence-corrected chi connectivity index (χ0v) is 13.1. The molecule has 7 nitrogen and oxygen atoms in total. The predicted octanol–water partition coefficient (Wildman–Crippen LogP) is 2.73. The molecule has 3 aliphatic rings. The normalized spacial score (nSPS) is 24.8. The Morgan fingerprint density at radius 1 is 1.23 bits per heavy atom. The number of fused-ring (bicyclic) bond motifs is 1. The van der Waals surface area contributed by atoms with Crippen LogP contribution in [0.1, 0.15) is 30.1 Å². The van der Waals surface area contributed by atoms with Crippen molar-refractivity contribution in [2.45, 2.75) is 25.4 Å². The average Bonchev–Trinajstić information content (AvgIpc) is 3.39. The summed E-state index contributed by atoms with van der Waals surface area (Å²) in [5.74, 6) is 0. The number of aryl methyl sites for hydroxylation is 1. The second kappa shape index (κ2) is 5.13. The monoisotopic (exact) mass is 323 g/mol. The van der Waals surface area contributed by atoms with Gasteiger partial charge < -0.3 is 0 Å². The summed E-state index contributed by atoms with van der Waals surface area (Å²) < 4.78 is 23.0. The molecule has 2 heterocycles. The van der Waals surface area contributed by atoms with Crippen molar-refractivity contribution in [3.63, 3.8) is 0 Å². The van der Waals surface area contributed by atoms with E-state index in [-0.39, 0.29) is 16.7 Å². The van der Waals surface area contributed by atoms with Crippen LogP contribution in [0.3, 0.4) is 0 Å². The summed E-state index contributed by atoms with van der Waals surface area (Å²) in [7, 11) is -2.86. The molecule has 0 radical (unpaired) electrons. The van der Waals surface area contributed by atoms with E-state index >= 15 is 0 Å². The van der Waals surface area contributed by atoms with Gasteiger partial charge in [-0.1, -0.05) is 0 Å². The Kier molecular flexibility index (Phi) is 3.34. The summed E-state index contributed by atoms with van der Waals surface area (Å²) >= 11 is 0. The molecule has 2 saturated heterocycles. The molecule has 1 unspecified atom stereocenters. The van der Waals surface area contributed by atoms with E-state index in [9.17, 15) is 14.7 Å². The van der Waals surface area contributed by atoms with Crippen LogP contribution < -0.4 is 0 Å². The molecular formula is C14H18N3O4P. The summed E-state index contributed by atoms with van der Waals surface area (Å²) in [4.78, 5) is 10.5. The lowest BCUT2D eigenvalue weighted by Crippen LogP contribution is -2.16. The smallest absolute Gasteiger partial charge is 0.298 e. The van der Waals surface area contributed by atoms with Crippen molar-refractivity contribution in [2.24, 2.45) is 0 Å². The van der Waals surface area contributed by atoms with Crippen LogP contribution in [0, 0.1) is 10.1 Å². The van der Waals surface area contributed by atoms with E-state index in [1.165, 1.54) is 6.07 Å². The topological polar surface area (TPSA) is 75.5 Å². The molecule has 1 atom stereocenters. The van der Waals surface area contributed by atoms with Crippen LogP contribution in [0.15, 0.2) is 18.2 Å². The largest absolute Gasteiger partial charge is 0.346 e. The van der Waals surface area contributed by atoms with Gasteiger partial charge in [-0.2, -0.15) is 0 Å². The van der Waals surface area contributed by atoms with Gasteiger partial charge in [-0.05, 0) is 36.5 Å². The Bertz CT molecular complexity index is 656. The van der Waals surface area contributed by atoms with Crippen molar-refractivity contribution < 1.29 is 14.0 Å². The molecule has 1 aromatic rings.